The van der Waals surface area contributed by atoms with Crippen molar-refractivity contribution >= 4 is 17.7 Å². The van der Waals surface area contributed by atoms with E-state index in [1.807, 2.05) is 13.0 Å². The summed E-state index contributed by atoms with van der Waals surface area (Å²) < 4.78 is 1.61. The number of benzene rings is 1. The Morgan fingerprint density at radius 1 is 1.47 bits per heavy atom. The van der Waals surface area contributed by atoms with E-state index in [2.05, 4.69) is 10.1 Å². The molecule has 6 heteroatoms. The molecule has 2 aromatic rings. The lowest BCUT2D eigenvalue weighted by atomic mass is 10.1. The fourth-order valence-corrected chi connectivity index (χ4v) is 2.38. The lowest BCUT2D eigenvalue weighted by Crippen LogP contribution is -2.01. The SMILES string of the molecule is Cc1cccc(C(=O)O)c1Sc1ncnn1C. The summed E-state index contributed by atoms with van der Waals surface area (Å²) in [5.74, 6) is -0.932. The predicted octanol–water partition coefficient (Wildman–Crippen LogP) is 1.97. The van der Waals surface area contributed by atoms with Gasteiger partial charge >= 0.3 is 5.97 Å². The molecular formula is C11H11N3O2S. The number of hydrogen-bond acceptors (Lipinski definition) is 4. The molecule has 0 fully saturated rings. The first-order valence-electron chi connectivity index (χ1n) is 4.94. The molecule has 0 aliphatic carbocycles. The topological polar surface area (TPSA) is 68.0 Å². The Morgan fingerprint density at radius 2 is 2.24 bits per heavy atom. The van der Waals surface area contributed by atoms with Crippen LogP contribution in [0.3, 0.4) is 0 Å². The summed E-state index contributed by atoms with van der Waals surface area (Å²) in [6, 6.07) is 5.21. The fourth-order valence-electron chi connectivity index (χ4n) is 1.43. The highest BCUT2D eigenvalue weighted by molar-refractivity contribution is 7.99. The largest absolute Gasteiger partial charge is 0.478 e. The number of nitrogens with zero attached hydrogens (tertiary/aromatic N) is 3. The molecule has 0 saturated carbocycles. The van der Waals surface area contributed by atoms with Crippen LogP contribution in [0.25, 0.3) is 0 Å². The summed E-state index contributed by atoms with van der Waals surface area (Å²) in [4.78, 5) is 15.9. The minimum atomic E-state index is -0.932. The number of carbonyl (C=O) groups is 1. The molecule has 1 heterocycles. The van der Waals surface area contributed by atoms with Gasteiger partial charge in [0.25, 0.3) is 0 Å². The monoisotopic (exact) mass is 249 g/mol. The zero-order valence-electron chi connectivity index (χ0n) is 9.41. The van der Waals surface area contributed by atoms with E-state index in [1.54, 1.807) is 23.9 Å². The lowest BCUT2D eigenvalue weighted by molar-refractivity contribution is 0.0693. The molecule has 0 unspecified atom stereocenters. The molecule has 88 valence electrons. The van der Waals surface area contributed by atoms with Gasteiger partial charge in [0.05, 0.1) is 5.56 Å². The van der Waals surface area contributed by atoms with E-state index in [1.165, 1.54) is 18.1 Å². The summed E-state index contributed by atoms with van der Waals surface area (Å²) in [5.41, 5.74) is 1.20. The van der Waals surface area contributed by atoms with Crippen LogP contribution >= 0.6 is 11.8 Å². The first kappa shape index (κ1) is 11.7. The first-order valence-corrected chi connectivity index (χ1v) is 5.76. The van der Waals surface area contributed by atoms with Gasteiger partial charge in [-0.3, -0.25) is 0 Å². The van der Waals surface area contributed by atoms with Crippen molar-refractivity contribution < 1.29 is 9.90 Å². The number of carboxylic acids is 1. The van der Waals surface area contributed by atoms with E-state index >= 15 is 0 Å². The maximum atomic E-state index is 11.1. The van der Waals surface area contributed by atoms with Crippen molar-refractivity contribution in [2.24, 2.45) is 7.05 Å². The second-order valence-electron chi connectivity index (χ2n) is 3.53. The zero-order chi connectivity index (χ0) is 12.4. The molecule has 0 aliphatic rings. The minimum absolute atomic E-state index is 0.290. The van der Waals surface area contributed by atoms with Crippen LogP contribution < -0.4 is 0 Å². The van der Waals surface area contributed by atoms with Gasteiger partial charge < -0.3 is 5.11 Å². The van der Waals surface area contributed by atoms with E-state index < -0.39 is 5.97 Å². The van der Waals surface area contributed by atoms with Crippen LogP contribution in [0.4, 0.5) is 0 Å². The Kier molecular flexibility index (Phi) is 3.14. The van der Waals surface area contributed by atoms with Crippen molar-refractivity contribution in [3.8, 4) is 0 Å². The molecular weight excluding hydrogens is 238 g/mol. The molecule has 0 saturated heterocycles. The van der Waals surface area contributed by atoms with E-state index in [-0.39, 0.29) is 5.56 Å². The molecule has 17 heavy (non-hydrogen) atoms. The van der Waals surface area contributed by atoms with Crippen LogP contribution in [-0.4, -0.2) is 25.8 Å². The second-order valence-corrected chi connectivity index (χ2v) is 4.50. The van der Waals surface area contributed by atoms with Gasteiger partial charge in [-0.25, -0.2) is 14.5 Å². The van der Waals surface area contributed by atoms with Gasteiger partial charge in [-0.05, 0) is 30.3 Å². The zero-order valence-corrected chi connectivity index (χ0v) is 10.2. The van der Waals surface area contributed by atoms with Gasteiger partial charge in [-0.1, -0.05) is 12.1 Å². The number of rotatable bonds is 3. The van der Waals surface area contributed by atoms with Gasteiger partial charge in [0.15, 0.2) is 5.16 Å². The fraction of sp³-hybridized carbons (Fsp3) is 0.182. The maximum Gasteiger partial charge on any atom is 0.336 e. The normalized spacial score (nSPS) is 10.5. The Balaban J connectivity index is 2.45. The Morgan fingerprint density at radius 3 is 2.82 bits per heavy atom. The quantitative estimate of drug-likeness (QED) is 0.900. The molecule has 0 atom stereocenters. The third-order valence-electron chi connectivity index (χ3n) is 2.31. The molecule has 2 rings (SSSR count). The number of carboxylic acid groups (broad SMARTS) is 1. The van der Waals surface area contributed by atoms with Crippen molar-refractivity contribution in [3.63, 3.8) is 0 Å². The molecule has 1 aromatic carbocycles. The predicted molar refractivity (Wildman–Crippen MR) is 63.3 cm³/mol. The summed E-state index contributed by atoms with van der Waals surface area (Å²) in [6.45, 7) is 1.88. The summed E-state index contributed by atoms with van der Waals surface area (Å²) >= 11 is 1.31. The maximum absolute atomic E-state index is 11.1. The van der Waals surface area contributed by atoms with E-state index in [4.69, 9.17) is 5.11 Å². The standard InChI is InChI=1S/C11H11N3O2S/c1-7-4-3-5-8(10(15)16)9(7)17-11-12-6-13-14(11)2/h3-6H,1-2H3,(H,15,16). The van der Waals surface area contributed by atoms with Crippen molar-refractivity contribution in [2.75, 3.05) is 0 Å². The summed E-state index contributed by atoms with van der Waals surface area (Å²) in [6.07, 6.45) is 1.45. The van der Waals surface area contributed by atoms with Crippen molar-refractivity contribution in [3.05, 3.63) is 35.7 Å². The van der Waals surface area contributed by atoms with E-state index in [0.717, 1.165) is 5.56 Å². The number of aromatic carboxylic acids is 1. The van der Waals surface area contributed by atoms with Gasteiger partial charge in [0.2, 0.25) is 0 Å². The van der Waals surface area contributed by atoms with Crippen LogP contribution in [0.1, 0.15) is 15.9 Å². The third kappa shape index (κ3) is 2.31. The lowest BCUT2D eigenvalue weighted by Gasteiger charge is -2.08. The smallest absolute Gasteiger partial charge is 0.336 e. The molecule has 0 aliphatic heterocycles. The first-order chi connectivity index (χ1) is 8.09. The van der Waals surface area contributed by atoms with E-state index in [0.29, 0.717) is 10.1 Å². The summed E-state index contributed by atoms with van der Waals surface area (Å²) in [7, 11) is 1.77. The molecule has 0 amide bonds. The minimum Gasteiger partial charge on any atom is -0.478 e. The van der Waals surface area contributed by atoms with Gasteiger partial charge in [0.1, 0.15) is 6.33 Å². The average Bonchev–Trinajstić information content (AvgIpc) is 2.67. The van der Waals surface area contributed by atoms with Crippen LogP contribution in [0, 0.1) is 6.92 Å². The highest BCUT2D eigenvalue weighted by Crippen LogP contribution is 2.31. The summed E-state index contributed by atoms with van der Waals surface area (Å²) in [5, 5.41) is 13.8. The Bertz CT molecular complexity index is 566. The van der Waals surface area contributed by atoms with Gasteiger partial charge in [-0.15, -0.1) is 0 Å². The highest BCUT2D eigenvalue weighted by Gasteiger charge is 2.15. The van der Waals surface area contributed by atoms with Crippen molar-refractivity contribution in [2.45, 2.75) is 17.0 Å². The van der Waals surface area contributed by atoms with Crippen LogP contribution in [0.15, 0.2) is 34.6 Å². The van der Waals surface area contributed by atoms with Crippen molar-refractivity contribution in [1.29, 1.82) is 0 Å². The third-order valence-corrected chi connectivity index (χ3v) is 3.60. The van der Waals surface area contributed by atoms with Crippen LogP contribution in [0.5, 0.6) is 0 Å². The van der Waals surface area contributed by atoms with Gasteiger partial charge in [0, 0.05) is 11.9 Å². The molecule has 5 nitrogen and oxygen atoms in total. The van der Waals surface area contributed by atoms with Crippen LogP contribution in [-0.2, 0) is 7.05 Å². The number of hydrogen-bond donors (Lipinski definition) is 1. The number of aryl methyl sites for hydroxylation is 2. The van der Waals surface area contributed by atoms with Crippen molar-refractivity contribution in [1.82, 2.24) is 14.8 Å². The highest BCUT2D eigenvalue weighted by atomic mass is 32.2. The van der Waals surface area contributed by atoms with Gasteiger partial charge in [-0.2, -0.15) is 5.10 Å². The second kappa shape index (κ2) is 4.58. The molecule has 1 N–H and O–H groups in total. The van der Waals surface area contributed by atoms with Crippen LogP contribution in [0.2, 0.25) is 0 Å². The van der Waals surface area contributed by atoms with E-state index in [9.17, 15) is 4.79 Å². The molecule has 0 bridgehead atoms. The Labute approximate surface area is 102 Å². The Hall–Kier alpha value is -1.82. The molecule has 1 aromatic heterocycles. The molecule has 0 spiro atoms. The molecule has 0 radical (unpaired) electrons. The average molecular weight is 249 g/mol. The number of aromatic nitrogens is 3.